The Kier molecular flexibility index (Phi) is 7.56. The highest BCUT2D eigenvalue weighted by atomic mass is 35.5. The van der Waals surface area contributed by atoms with Crippen molar-refractivity contribution >= 4 is 34.3 Å². The van der Waals surface area contributed by atoms with Crippen LogP contribution in [0.25, 0.3) is 11.0 Å². The Morgan fingerprint density at radius 2 is 1.94 bits per heavy atom. The Morgan fingerprint density at radius 3 is 2.64 bits per heavy atom. The highest BCUT2D eigenvalue weighted by Gasteiger charge is 2.44. The number of Topliss-reactive ketones (excluding diaryl/α,β-unsaturated/α-hetero) is 1. The molecule has 0 saturated carbocycles. The zero-order chi connectivity index (χ0) is 26.0. The Labute approximate surface area is 214 Å². The van der Waals surface area contributed by atoms with E-state index in [4.69, 9.17) is 25.5 Å². The van der Waals surface area contributed by atoms with E-state index >= 15 is 0 Å². The van der Waals surface area contributed by atoms with Crippen LogP contribution in [-0.2, 0) is 4.79 Å². The lowest BCUT2D eigenvalue weighted by atomic mass is 9.94. The molecule has 0 aliphatic carbocycles. The highest BCUT2D eigenvalue weighted by molar-refractivity contribution is 6.31. The number of aliphatic hydroxyl groups excluding tert-OH is 1. The zero-order valence-corrected chi connectivity index (χ0v) is 21.5. The van der Waals surface area contributed by atoms with Crippen LogP contribution in [0, 0.1) is 0 Å². The monoisotopic (exact) mass is 512 g/mol. The van der Waals surface area contributed by atoms with Crippen molar-refractivity contribution in [2.75, 3.05) is 40.9 Å². The summed E-state index contributed by atoms with van der Waals surface area (Å²) >= 11 is 6.08. The number of methoxy groups -OCH3 is 1. The third-order valence-corrected chi connectivity index (χ3v) is 6.29. The summed E-state index contributed by atoms with van der Waals surface area (Å²) in [5, 5.41) is 12.1. The molecule has 0 fully saturated rings. The number of ether oxygens (including phenoxy) is 2. The van der Waals surface area contributed by atoms with Crippen LogP contribution < -0.4 is 9.47 Å². The highest BCUT2D eigenvalue weighted by Crippen LogP contribution is 2.42. The molecule has 3 aromatic rings. The van der Waals surface area contributed by atoms with Crippen LogP contribution in [0.1, 0.15) is 35.5 Å². The van der Waals surface area contributed by atoms with Crippen LogP contribution in [0.3, 0.4) is 0 Å². The van der Waals surface area contributed by atoms with E-state index in [0.717, 1.165) is 6.54 Å². The molecule has 36 heavy (non-hydrogen) atoms. The summed E-state index contributed by atoms with van der Waals surface area (Å²) in [5.41, 5.74) is 1.05. The van der Waals surface area contributed by atoms with Gasteiger partial charge in [-0.25, -0.2) is 0 Å². The fraction of sp³-hybridized carbons (Fsp3) is 0.333. The lowest BCUT2D eigenvalue weighted by molar-refractivity contribution is -0.129. The van der Waals surface area contributed by atoms with E-state index in [-0.39, 0.29) is 11.3 Å². The first-order valence-electron chi connectivity index (χ1n) is 11.7. The van der Waals surface area contributed by atoms with Crippen molar-refractivity contribution < 1.29 is 28.6 Å². The SMILES string of the molecule is CCOc1ccc(C2C(C(=O)c3cc4cc(Cl)ccc4o3)=C(O)C(=O)N2CCCN(C)C)cc1OC. The zero-order valence-electron chi connectivity index (χ0n) is 20.7. The molecule has 190 valence electrons. The molecule has 8 nitrogen and oxygen atoms in total. The van der Waals surface area contributed by atoms with Gasteiger partial charge in [0.15, 0.2) is 23.0 Å². The quantitative estimate of drug-likeness (QED) is 0.381. The standard InChI is InChI=1S/C27H29ClN2O6/c1-5-35-20-9-7-16(14-21(20)34-4)24-23(26(32)27(33)30(24)12-6-11-29(2)3)25(31)22-15-17-13-18(28)8-10-19(17)36-22/h7-10,13-15,24,32H,5-6,11-12H2,1-4H3. The van der Waals surface area contributed by atoms with Crippen molar-refractivity contribution in [2.24, 2.45) is 0 Å². The number of aliphatic hydroxyl groups is 1. The van der Waals surface area contributed by atoms with Crippen LogP contribution >= 0.6 is 11.6 Å². The van der Waals surface area contributed by atoms with Gasteiger partial charge in [-0.05, 0) is 75.9 Å². The number of hydrogen-bond acceptors (Lipinski definition) is 7. The summed E-state index contributed by atoms with van der Waals surface area (Å²) in [4.78, 5) is 30.4. The minimum atomic E-state index is -0.825. The topological polar surface area (TPSA) is 92.5 Å². The summed E-state index contributed by atoms with van der Waals surface area (Å²) in [7, 11) is 5.41. The van der Waals surface area contributed by atoms with E-state index in [2.05, 4.69) is 0 Å². The third-order valence-electron chi connectivity index (χ3n) is 6.06. The van der Waals surface area contributed by atoms with Crippen LogP contribution in [0.15, 0.2) is 58.2 Å². The largest absolute Gasteiger partial charge is 0.503 e. The number of ketones is 1. The average molecular weight is 513 g/mol. The normalized spacial score (nSPS) is 15.9. The van der Waals surface area contributed by atoms with Gasteiger partial charge < -0.3 is 28.8 Å². The number of fused-ring (bicyclic) bond motifs is 1. The number of halogens is 1. The fourth-order valence-electron chi connectivity index (χ4n) is 4.41. The summed E-state index contributed by atoms with van der Waals surface area (Å²) in [6.45, 7) is 3.40. The fourth-order valence-corrected chi connectivity index (χ4v) is 4.59. The second-order valence-corrected chi connectivity index (χ2v) is 9.22. The number of carbonyl (C=O) groups is 2. The van der Waals surface area contributed by atoms with Crippen molar-refractivity contribution in [3.8, 4) is 11.5 Å². The Morgan fingerprint density at radius 1 is 1.17 bits per heavy atom. The van der Waals surface area contributed by atoms with Gasteiger partial charge in [0.05, 0.1) is 25.3 Å². The lowest BCUT2D eigenvalue weighted by Crippen LogP contribution is -2.33. The summed E-state index contributed by atoms with van der Waals surface area (Å²) < 4.78 is 16.9. The van der Waals surface area contributed by atoms with Crippen molar-refractivity contribution in [3.05, 3.63) is 70.1 Å². The van der Waals surface area contributed by atoms with Crippen LogP contribution in [-0.4, -0.2) is 67.5 Å². The van der Waals surface area contributed by atoms with Gasteiger partial charge in [-0.1, -0.05) is 17.7 Å². The average Bonchev–Trinajstić information content (AvgIpc) is 3.38. The minimum absolute atomic E-state index is 0.0136. The maximum absolute atomic E-state index is 13.7. The molecule has 4 rings (SSSR count). The molecule has 1 aliphatic heterocycles. The first-order valence-corrected chi connectivity index (χ1v) is 12.1. The van der Waals surface area contributed by atoms with Crippen molar-refractivity contribution in [1.82, 2.24) is 9.80 Å². The number of benzene rings is 2. The van der Waals surface area contributed by atoms with Gasteiger partial charge in [0.2, 0.25) is 5.78 Å². The molecule has 1 unspecified atom stereocenters. The maximum Gasteiger partial charge on any atom is 0.290 e. The van der Waals surface area contributed by atoms with E-state index in [1.54, 1.807) is 42.5 Å². The van der Waals surface area contributed by atoms with Crippen LogP contribution in [0.5, 0.6) is 11.5 Å². The smallest absolute Gasteiger partial charge is 0.290 e. The molecule has 0 spiro atoms. The number of hydrogen-bond donors (Lipinski definition) is 1. The summed E-state index contributed by atoms with van der Waals surface area (Å²) in [5.74, 6) is -0.731. The van der Waals surface area contributed by atoms with E-state index in [0.29, 0.717) is 52.6 Å². The van der Waals surface area contributed by atoms with Gasteiger partial charge in [0.1, 0.15) is 5.58 Å². The Bertz CT molecular complexity index is 1330. The van der Waals surface area contributed by atoms with Crippen molar-refractivity contribution in [3.63, 3.8) is 0 Å². The molecule has 1 N–H and O–H groups in total. The van der Waals surface area contributed by atoms with Crippen LogP contribution in [0.4, 0.5) is 0 Å². The number of nitrogens with zero attached hydrogens (tertiary/aromatic N) is 2. The van der Waals surface area contributed by atoms with Gasteiger partial charge in [0.25, 0.3) is 5.91 Å². The molecule has 2 aromatic carbocycles. The van der Waals surface area contributed by atoms with E-state index in [1.807, 2.05) is 25.9 Å². The first kappa shape index (κ1) is 25.6. The molecular formula is C27H29ClN2O6. The van der Waals surface area contributed by atoms with Crippen molar-refractivity contribution in [2.45, 2.75) is 19.4 Å². The molecule has 1 aliphatic rings. The molecule has 0 bridgehead atoms. The van der Waals surface area contributed by atoms with Gasteiger partial charge in [-0.15, -0.1) is 0 Å². The molecule has 1 aromatic heterocycles. The summed E-state index contributed by atoms with van der Waals surface area (Å²) in [6.07, 6.45) is 0.654. The molecule has 1 atom stereocenters. The van der Waals surface area contributed by atoms with Gasteiger partial charge >= 0.3 is 0 Å². The van der Waals surface area contributed by atoms with E-state index in [9.17, 15) is 14.7 Å². The summed E-state index contributed by atoms with van der Waals surface area (Å²) in [6, 6.07) is 11.0. The number of carbonyl (C=O) groups excluding carboxylic acids is 2. The van der Waals surface area contributed by atoms with Gasteiger partial charge in [-0.3, -0.25) is 9.59 Å². The predicted molar refractivity (Wildman–Crippen MR) is 137 cm³/mol. The van der Waals surface area contributed by atoms with E-state index < -0.39 is 23.5 Å². The third kappa shape index (κ3) is 4.92. The number of rotatable bonds is 10. The Balaban J connectivity index is 1.78. The molecular weight excluding hydrogens is 484 g/mol. The molecule has 9 heteroatoms. The van der Waals surface area contributed by atoms with E-state index in [1.165, 1.54) is 12.0 Å². The van der Waals surface area contributed by atoms with Crippen molar-refractivity contribution in [1.29, 1.82) is 0 Å². The van der Waals surface area contributed by atoms with Gasteiger partial charge in [0, 0.05) is 17.0 Å². The maximum atomic E-state index is 13.7. The number of amides is 1. The molecule has 0 saturated heterocycles. The molecule has 2 heterocycles. The predicted octanol–water partition coefficient (Wildman–Crippen LogP) is 5.02. The first-order chi connectivity index (χ1) is 17.2. The second kappa shape index (κ2) is 10.6. The Hall–Kier alpha value is -3.49. The number of furan rings is 1. The van der Waals surface area contributed by atoms with Crippen LogP contribution in [0.2, 0.25) is 5.02 Å². The second-order valence-electron chi connectivity index (χ2n) is 8.79. The minimum Gasteiger partial charge on any atom is -0.503 e. The molecule has 1 amide bonds. The molecule has 0 radical (unpaired) electrons. The van der Waals surface area contributed by atoms with Gasteiger partial charge in [-0.2, -0.15) is 0 Å². The lowest BCUT2D eigenvalue weighted by Gasteiger charge is -2.27.